The number of carbonyl (C=O) groups excluding carboxylic acids is 3. The van der Waals surface area contributed by atoms with Crippen LogP contribution < -0.4 is 10.6 Å². The molecule has 2 aromatic rings. The number of benzene rings is 2. The fraction of sp³-hybridized carbons (Fsp3) is 0.370. The van der Waals surface area contributed by atoms with Gasteiger partial charge in [0.05, 0.1) is 17.9 Å². The highest BCUT2D eigenvalue weighted by atomic mass is 35.5. The summed E-state index contributed by atoms with van der Waals surface area (Å²) in [5, 5.41) is 6.46. The van der Waals surface area contributed by atoms with Crippen molar-refractivity contribution >= 4 is 35.0 Å². The zero-order valence-electron chi connectivity index (χ0n) is 19.2. The Morgan fingerprint density at radius 1 is 1.14 bits per heavy atom. The first-order valence-electron chi connectivity index (χ1n) is 12.0. The molecule has 6 rings (SSSR count). The molecule has 7 nitrogen and oxygen atoms in total. The van der Waals surface area contributed by atoms with Crippen molar-refractivity contribution in [1.29, 1.82) is 0 Å². The van der Waals surface area contributed by atoms with Crippen LogP contribution in [0.4, 0.5) is 5.69 Å². The molecule has 0 unspecified atom stereocenters. The molecule has 3 aliphatic heterocycles. The SMILES string of the molecule is Cc1ccc(NC(=O)[C@H]2[C@H]3C(=O)N(C4CC4)[C@H](C(=O)NCc4ccccc4)[C@]34C=C[C@H]2O4)cc1Cl. The van der Waals surface area contributed by atoms with Crippen LogP contribution in [-0.4, -0.2) is 46.4 Å². The summed E-state index contributed by atoms with van der Waals surface area (Å²) in [4.78, 5) is 42.4. The Morgan fingerprint density at radius 2 is 1.91 bits per heavy atom. The van der Waals surface area contributed by atoms with Crippen molar-refractivity contribution in [3.8, 4) is 0 Å². The Balaban J connectivity index is 1.28. The van der Waals surface area contributed by atoms with Crippen molar-refractivity contribution in [2.45, 2.75) is 50.1 Å². The molecule has 2 bridgehead atoms. The van der Waals surface area contributed by atoms with E-state index in [1.807, 2.05) is 55.5 Å². The Labute approximate surface area is 208 Å². The average molecular weight is 492 g/mol. The van der Waals surface area contributed by atoms with Gasteiger partial charge < -0.3 is 20.3 Å². The van der Waals surface area contributed by atoms with Crippen LogP contribution in [0, 0.1) is 18.8 Å². The molecule has 4 aliphatic rings. The minimum Gasteiger partial charge on any atom is -0.359 e. The predicted octanol–water partition coefficient (Wildman–Crippen LogP) is 3.22. The molecule has 0 radical (unpaired) electrons. The zero-order valence-corrected chi connectivity index (χ0v) is 20.0. The molecular formula is C27H26ClN3O4. The molecule has 1 saturated carbocycles. The summed E-state index contributed by atoms with van der Waals surface area (Å²) in [5.41, 5.74) is 1.30. The van der Waals surface area contributed by atoms with Crippen LogP contribution in [0.1, 0.15) is 24.0 Å². The molecule has 2 N–H and O–H groups in total. The van der Waals surface area contributed by atoms with Crippen LogP contribution >= 0.6 is 11.6 Å². The summed E-state index contributed by atoms with van der Waals surface area (Å²) in [5.74, 6) is -2.21. The van der Waals surface area contributed by atoms with Gasteiger partial charge in [-0.25, -0.2) is 0 Å². The number of anilines is 1. The van der Waals surface area contributed by atoms with Gasteiger partial charge in [0.25, 0.3) is 0 Å². The molecule has 3 amide bonds. The predicted molar refractivity (Wildman–Crippen MR) is 130 cm³/mol. The third-order valence-corrected chi connectivity index (χ3v) is 7.96. The number of ether oxygens (including phenoxy) is 1. The fourth-order valence-electron chi connectivity index (χ4n) is 5.73. The smallest absolute Gasteiger partial charge is 0.246 e. The normalized spacial score (nSPS) is 30.5. The van der Waals surface area contributed by atoms with E-state index in [2.05, 4.69) is 10.6 Å². The molecule has 1 aliphatic carbocycles. The van der Waals surface area contributed by atoms with Crippen LogP contribution in [0.15, 0.2) is 60.7 Å². The molecule has 5 atom stereocenters. The van der Waals surface area contributed by atoms with Gasteiger partial charge in [0, 0.05) is 23.3 Å². The molecule has 8 heteroatoms. The van der Waals surface area contributed by atoms with E-state index in [9.17, 15) is 14.4 Å². The topological polar surface area (TPSA) is 87.7 Å². The summed E-state index contributed by atoms with van der Waals surface area (Å²) >= 11 is 6.23. The van der Waals surface area contributed by atoms with Crippen molar-refractivity contribution < 1.29 is 19.1 Å². The minimum absolute atomic E-state index is 0.00520. The standard InChI is InChI=1S/C27H26ClN3O4/c1-15-7-8-17(13-19(15)28)30-24(32)21-20-11-12-27(35-20)22(21)26(34)31(18-9-10-18)23(27)25(33)29-14-16-5-3-2-4-6-16/h2-8,11-13,18,20-23H,9-10,14H2,1H3,(H,29,33)(H,30,32)/t20-,21-,22+,23-,27+/m1/s1. The molecule has 180 valence electrons. The Morgan fingerprint density at radius 3 is 2.63 bits per heavy atom. The first-order valence-corrected chi connectivity index (χ1v) is 12.3. The number of nitrogens with zero attached hydrogens (tertiary/aromatic N) is 1. The van der Waals surface area contributed by atoms with E-state index in [0.717, 1.165) is 24.0 Å². The molecular weight excluding hydrogens is 466 g/mol. The van der Waals surface area contributed by atoms with Crippen LogP contribution in [0.3, 0.4) is 0 Å². The lowest BCUT2D eigenvalue weighted by Crippen LogP contribution is -2.55. The molecule has 2 aromatic carbocycles. The third kappa shape index (κ3) is 3.56. The first-order chi connectivity index (χ1) is 16.9. The highest BCUT2D eigenvalue weighted by Gasteiger charge is 2.74. The van der Waals surface area contributed by atoms with Crippen molar-refractivity contribution in [3.05, 3.63) is 76.8 Å². The van der Waals surface area contributed by atoms with Gasteiger partial charge in [0.15, 0.2) is 0 Å². The molecule has 3 fully saturated rings. The van der Waals surface area contributed by atoms with E-state index in [-0.39, 0.29) is 23.8 Å². The number of rotatable bonds is 6. The van der Waals surface area contributed by atoms with E-state index in [0.29, 0.717) is 17.3 Å². The number of hydrogen-bond donors (Lipinski definition) is 2. The van der Waals surface area contributed by atoms with Crippen LogP contribution in [0.2, 0.25) is 5.02 Å². The van der Waals surface area contributed by atoms with Crippen molar-refractivity contribution in [1.82, 2.24) is 10.2 Å². The van der Waals surface area contributed by atoms with Gasteiger partial charge >= 0.3 is 0 Å². The summed E-state index contributed by atoms with van der Waals surface area (Å²) < 4.78 is 6.34. The number of fused-ring (bicyclic) bond motifs is 1. The monoisotopic (exact) mass is 491 g/mol. The van der Waals surface area contributed by atoms with Gasteiger partial charge in [-0.2, -0.15) is 0 Å². The first kappa shape index (κ1) is 22.3. The summed E-state index contributed by atoms with van der Waals surface area (Å²) in [7, 11) is 0. The summed E-state index contributed by atoms with van der Waals surface area (Å²) in [6.07, 6.45) is 4.80. The van der Waals surface area contributed by atoms with Gasteiger partial charge in [-0.3, -0.25) is 14.4 Å². The lowest BCUT2D eigenvalue weighted by molar-refractivity contribution is -0.141. The van der Waals surface area contributed by atoms with Gasteiger partial charge in [0.1, 0.15) is 11.6 Å². The number of halogens is 1. The maximum absolute atomic E-state index is 13.7. The van der Waals surface area contributed by atoms with E-state index in [1.165, 1.54) is 0 Å². The Hall–Kier alpha value is -3.16. The second-order valence-corrected chi connectivity index (χ2v) is 10.2. The van der Waals surface area contributed by atoms with Gasteiger partial charge in [0.2, 0.25) is 17.7 Å². The Bertz CT molecular complexity index is 1240. The van der Waals surface area contributed by atoms with Crippen LogP contribution in [0.5, 0.6) is 0 Å². The second kappa shape index (κ2) is 8.21. The number of amides is 3. The highest BCUT2D eigenvalue weighted by molar-refractivity contribution is 6.31. The van der Waals surface area contributed by atoms with Crippen LogP contribution in [-0.2, 0) is 25.7 Å². The summed E-state index contributed by atoms with van der Waals surface area (Å²) in [6, 6.07) is 14.2. The maximum atomic E-state index is 13.7. The minimum atomic E-state index is -1.14. The number of nitrogens with one attached hydrogen (secondary N) is 2. The zero-order chi connectivity index (χ0) is 24.3. The molecule has 1 spiro atoms. The molecule has 0 aromatic heterocycles. The quantitative estimate of drug-likeness (QED) is 0.607. The van der Waals surface area contributed by atoms with E-state index in [1.54, 1.807) is 17.0 Å². The molecule has 35 heavy (non-hydrogen) atoms. The number of likely N-dealkylation sites (tertiary alicyclic amines) is 1. The lowest BCUT2D eigenvalue weighted by Gasteiger charge is -2.32. The summed E-state index contributed by atoms with van der Waals surface area (Å²) in [6.45, 7) is 2.24. The fourth-order valence-corrected chi connectivity index (χ4v) is 5.91. The lowest BCUT2D eigenvalue weighted by atomic mass is 9.74. The second-order valence-electron chi connectivity index (χ2n) is 9.83. The van der Waals surface area contributed by atoms with Crippen molar-refractivity contribution in [3.63, 3.8) is 0 Å². The van der Waals surface area contributed by atoms with Crippen molar-refractivity contribution in [2.24, 2.45) is 11.8 Å². The van der Waals surface area contributed by atoms with E-state index in [4.69, 9.17) is 16.3 Å². The largest absolute Gasteiger partial charge is 0.359 e. The third-order valence-electron chi connectivity index (χ3n) is 7.55. The van der Waals surface area contributed by atoms with Gasteiger partial charge in [-0.05, 0) is 43.0 Å². The Kier molecular flexibility index (Phi) is 5.23. The maximum Gasteiger partial charge on any atom is 0.246 e. The average Bonchev–Trinajstić information content (AvgIpc) is 3.45. The van der Waals surface area contributed by atoms with Crippen molar-refractivity contribution in [2.75, 3.05) is 5.32 Å². The molecule has 3 heterocycles. The highest BCUT2D eigenvalue weighted by Crippen LogP contribution is 2.57. The van der Waals surface area contributed by atoms with Crippen LogP contribution in [0.25, 0.3) is 0 Å². The number of carbonyl (C=O) groups is 3. The number of hydrogen-bond acceptors (Lipinski definition) is 4. The van der Waals surface area contributed by atoms with Gasteiger partial charge in [-0.15, -0.1) is 0 Å². The van der Waals surface area contributed by atoms with E-state index < -0.39 is 29.6 Å². The number of aryl methyl sites for hydroxylation is 1. The molecule has 2 saturated heterocycles. The van der Waals surface area contributed by atoms with Gasteiger partial charge in [-0.1, -0.05) is 60.2 Å². The van der Waals surface area contributed by atoms with E-state index >= 15 is 0 Å².